The molecule has 0 bridgehead atoms. The predicted octanol–water partition coefficient (Wildman–Crippen LogP) is 2.52. The predicted molar refractivity (Wildman–Crippen MR) is 131 cm³/mol. The minimum atomic E-state index is -0.195. The van der Waals surface area contributed by atoms with Crippen LogP contribution in [0, 0.1) is 18.3 Å². The van der Waals surface area contributed by atoms with Gasteiger partial charge in [-0.3, -0.25) is 4.79 Å². The highest BCUT2D eigenvalue weighted by atomic mass is 35.5. The number of likely N-dealkylation sites (tertiary alicyclic amines) is 2. The summed E-state index contributed by atoms with van der Waals surface area (Å²) >= 11 is 6.10. The normalized spacial score (nSPS) is 17.9. The Balaban J connectivity index is 1.42. The van der Waals surface area contributed by atoms with Crippen molar-refractivity contribution in [3.8, 4) is 18.1 Å². The number of hydrogen-bond donors (Lipinski definition) is 2. The number of nitrogens with two attached hydrogens (primary N) is 1. The number of anilines is 1. The van der Waals surface area contributed by atoms with E-state index in [4.69, 9.17) is 28.5 Å². The monoisotopic (exact) mass is 475 g/mol. The maximum absolute atomic E-state index is 12.8. The van der Waals surface area contributed by atoms with Gasteiger partial charge in [0.25, 0.3) is 5.91 Å². The highest BCUT2D eigenvalue weighted by Crippen LogP contribution is 2.29. The van der Waals surface area contributed by atoms with Crippen LogP contribution < -0.4 is 15.8 Å². The topological polar surface area (TPSA) is 91.1 Å². The molecule has 33 heavy (non-hydrogen) atoms. The number of hydrogen-bond acceptors (Lipinski definition) is 5. The molecule has 3 N–H and O–H groups in total. The van der Waals surface area contributed by atoms with Gasteiger partial charge in [-0.1, -0.05) is 17.5 Å². The third-order valence-corrected chi connectivity index (χ3v) is 6.87. The van der Waals surface area contributed by atoms with Crippen molar-refractivity contribution < 1.29 is 14.3 Å². The zero-order valence-electron chi connectivity index (χ0n) is 19.5. The fourth-order valence-electron chi connectivity index (χ4n) is 4.56. The number of rotatable bonds is 6. The molecule has 2 saturated heterocycles. The zero-order valence-corrected chi connectivity index (χ0v) is 20.2. The largest absolute Gasteiger partial charge is 0.496 e. The summed E-state index contributed by atoms with van der Waals surface area (Å²) < 4.78 is 5.30. The van der Waals surface area contributed by atoms with Crippen LogP contribution in [-0.2, 0) is 0 Å². The molecule has 8 nitrogen and oxygen atoms in total. The Morgan fingerprint density at radius 2 is 1.91 bits per heavy atom. The number of carbonyl (C=O) groups is 2. The fourth-order valence-corrected chi connectivity index (χ4v) is 4.72. The summed E-state index contributed by atoms with van der Waals surface area (Å²) in [6.45, 7) is 4.80. The van der Waals surface area contributed by atoms with Gasteiger partial charge in [0.2, 0.25) is 0 Å². The number of terminal acetylenes is 1. The van der Waals surface area contributed by atoms with Crippen LogP contribution in [0.5, 0.6) is 5.75 Å². The van der Waals surface area contributed by atoms with E-state index >= 15 is 0 Å². The van der Waals surface area contributed by atoms with E-state index in [1.54, 1.807) is 24.1 Å². The van der Waals surface area contributed by atoms with Gasteiger partial charge in [0, 0.05) is 51.9 Å². The second-order valence-corrected chi connectivity index (χ2v) is 9.30. The van der Waals surface area contributed by atoms with Crippen LogP contribution in [0.25, 0.3) is 0 Å². The smallest absolute Gasteiger partial charge is 0.320 e. The van der Waals surface area contributed by atoms with Crippen molar-refractivity contribution in [3.63, 3.8) is 0 Å². The van der Waals surface area contributed by atoms with Gasteiger partial charge in [-0.2, -0.15) is 0 Å². The molecule has 0 saturated carbocycles. The van der Waals surface area contributed by atoms with Crippen LogP contribution in [0.15, 0.2) is 12.1 Å². The third kappa shape index (κ3) is 6.46. The van der Waals surface area contributed by atoms with E-state index in [9.17, 15) is 9.59 Å². The first-order valence-corrected chi connectivity index (χ1v) is 11.8. The average molecular weight is 476 g/mol. The molecular formula is C24H34ClN5O3. The Morgan fingerprint density at radius 1 is 1.24 bits per heavy atom. The molecule has 2 aliphatic rings. The molecule has 3 rings (SSSR count). The molecule has 0 spiro atoms. The van der Waals surface area contributed by atoms with Crippen LogP contribution >= 0.6 is 11.6 Å². The van der Waals surface area contributed by atoms with Gasteiger partial charge in [0.1, 0.15) is 5.75 Å². The first-order chi connectivity index (χ1) is 15.8. The molecule has 2 heterocycles. The van der Waals surface area contributed by atoms with Gasteiger partial charge >= 0.3 is 6.03 Å². The van der Waals surface area contributed by atoms with E-state index < -0.39 is 0 Å². The van der Waals surface area contributed by atoms with Gasteiger partial charge in [0.15, 0.2) is 0 Å². The molecule has 0 atom stereocenters. The first-order valence-electron chi connectivity index (χ1n) is 11.4. The molecule has 0 aliphatic carbocycles. The number of nitrogens with zero attached hydrogens (tertiary/aromatic N) is 3. The van der Waals surface area contributed by atoms with Crippen LogP contribution in [0.3, 0.4) is 0 Å². The summed E-state index contributed by atoms with van der Waals surface area (Å²) in [6, 6.07) is 3.26. The van der Waals surface area contributed by atoms with Crippen molar-refractivity contribution in [2.75, 3.05) is 59.2 Å². The lowest BCUT2D eigenvalue weighted by Gasteiger charge is -2.38. The lowest BCUT2D eigenvalue weighted by molar-refractivity contribution is 0.0887. The van der Waals surface area contributed by atoms with Crippen LogP contribution in [-0.4, -0.2) is 86.1 Å². The van der Waals surface area contributed by atoms with E-state index in [-0.39, 0.29) is 18.0 Å². The third-order valence-electron chi connectivity index (χ3n) is 6.54. The Labute approximate surface area is 201 Å². The van der Waals surface area contributed by atoms with Gasteiger partial charge in [-0.05, 0) is 37.7 Å². The van der Waals surface area contributed by atoms with Gasteiger partial charge in [0.05, 0.1) is 29.9 Å². The molecule has 2 aliphatic heterocycles. The number of halogens is 1. The molecule has 0 unspecified atom stereocenters. The van der Waals surface area contributed by atoms with E-state index in [0.717, 1.165) is 58.4 Å². The molecule has 9 heteroatoms. The number of nitrogen functional groups attached to an aromatic ring is 1. The van der Waals surface area contributed by atoms with Gasteiger partial charge in [-0.25, -0.2) is 4.79 Å². The number of carbonyl (C=O) groups excluding carboxylic acids is 2. The minimum Gasteiger partial charge on any atom is -0.496 e. The maximum Gasteiger partial charge on any atom is 0.320 e. The molecule has 0 aromatic heterocycles. The number of piperidine rings is 2. The Hall–Kier alpha value is -2.63. The molecule has 0 radical (unpaired) electrons. The summed E-state index contributed by atoms with van der Waals surface area (Å²) in [7, 11) is 3.25. The van der Waals surface area contributed by atoms with Gasteiger partial charge in [-0.15, -0.1) is 6.42 Å². The Morgan fingerprint density at radius 3 is 2.52 bits per heavy atom. The molecule has 1 aromatic rings. The Kier molecular flexibility index (Phi) is 8.70. The number of amides is 3. The molecule has 1 aromatic carbocycles. The van der Waals surface area contributed by atoms with Crippen molar-refractivity contribution >= 4 is 29.2 Å². The summed E-state index contributed by atoms with van der Waals surface area (Å²) in [5.41, 5.74) is 6.59. The first kappa shape index (κ1) is 25.0. The second kappa shape index (κ2) is 11.5. The highest BCUT2D eigenvalue weighted by Gasteiger charge is 2.28. The van der Waals surface area contributed by atoms with Crippen molar-refractivity contribution in [1.82, 2.24) is 20.0 Å². The highest BCUT2D eigenvalue weighted by molar-refractivity contribution is 6.33. The molecule has 180 valence electrons. The van der Waals surface area contributed by atoms with Crippen molar-refractivity contribution in [1.29, 1.82) is 0 Å². The van der Waals surface area contributed by atoms with Crippen molar-refractivity contribution in [3.05, 3.63) is 22.7 Å². The van der Waals surface area contributed by atoms with E-state index in [0.29, 0.717) is 34.5 Å². The second-order valence-electron chi connectivity index (χ2n) is 8.90. The number of methoxy groups -OCH3 is 1. The zero-order chi connectivity index (χ0) is 24.0. The standard InChI is InChI=1S/C24H34ClN5O3/c1-4-9-28(2)24(32)30-12-5-17(6-13-30)16-29-10-7-18(8-11-29)27-23(31)19-14-20(25)21(26)15-22(19)33-3/h1,14-15,17-18H,5-13,16,26H2,2-3H3,(H,27,31). The van der Waals surface area contributed by atoms with Crippen molar-refractivity contribution in [2.24, 2.45) is 5.92 Å². The van der Waals surface area contributed by atoms with Crippen LogP contribution in [0.4, 0.5) is 10.5 Å². The molecular weight excluding hydrogens is 442 g/mol. The molecule has 2 fully saturated rings. The van der Waals surface area contributed by atoms with Crippen LogP contribution in [0.1, 0.15) is 36.0 Å². The average Bonchev–Trinajstić information content (AvgIpc) is 2.82. The summed E-state index contributed by atoms with van der Waals surface area (Å²) in [5.74, 6) is 3.32. The quantitative estimate of drug-likeness (QED) is 0.487. The number of nitrogens with one attached hydrogen (secondary N) is 1. The SMILES string of the molecule is C#CCN(C)C(=O)N1CCC(CN2CCC(NC(=O)c3cc(Cl)c(N)cc3OC)CC2)CC1. The van der Waals surface area contributed by atoms with E-state index in [1.165, 1.54) is 7.11 Å². The van der Waals surface area contributed by atoms with Crippen LogP contribution in [0.2, 0.25) is 5.02 Å². The van der Waals surface area contributed by atoms with Crippen molar-refractivity contribution in [2.45, 2.75) is 31.7 Å². The van der Waals surface area contributed by atoms with E-state index in [2.05, 4.69) is 16.1 Å². The summed E-state index contributed by atoms with van der Waals surface area (Å²) in [4.78, 5) is 31.1. The minimum absolute atomic E-state index is 0.0157. The van der Waals surface area contributed by atoms with Gasteiger partial charge < -0.3 is 30.5 Å². The molecule has 3 amide bonds. The van der Waals surface area contributed by atoms with E-state index in [1.807, 2.05) is 4.90 Å². The number of ether oxygens (including phenoxy) is 1. The summed E-state index contributed by atoms with van der Waals surface area (Å²) in [6.07, 6.45) is 9.10. The number of urea groups is 1. The lowest BCUT2D eigenvalue weighted by atomic mass is 9.94. The number of benzene rings is 1. The maximum atomic E-state index is 12.8. The summed E-state index contributed by atoms with van der Waals surface area (Å²) in [5, 5.41) is 3.45. The lowest BCUT2D eigenvalue weighted by Crippen LogP contribution is -2.48. The Bertz CT molecular complexity index is 887. The fraction of sp³-hybridized carbons (Fsp3) is 0.583.